The Morgan fingerprint density at radius 1 is 1.29 bits per heavy atom. The van der Waals surface area contributed by atoms with E-state index in [0.717, 1.165) is 5.56 Å². The molecule has 0 unspecified atom stereocenters. The summed E-state index contributed by atoms with van der Waals surface area (Å²) in [4.78, 5) is 0. The fourth-order valence-electron chi connectivity index (χ4n) is 1.14. The van der Waals surface area contributed by atoms with Crippen LogP contribution in [0.25, 0.3) is 11.4 Å². The van der Waals surface area contributed by atoms with Crippen molar-refractivity contribution in [3.63, 3.8) is 0 Å². The van der Waals surface area contributed by atoms with Crippen LogP contribution in [0.2, 0.25) is 0 Å². The second kappa shape index (κ2) is 3.15. The second-order valence-electron chi connectivity index (χ2n) is 2.84. The molecule has 5 nitrogen and oxygen atoms in total. The van der Waals surface area contributed by atoms with Crippen molar-refractivity contribution in [2.75, 3.05) is 11.6 Å². The summed E-state index contributed by atoms with van der Waals surface area (Å²) in [6.07, 6.45) is 0. The largest absolute Gasteiger partial charge is 0.399 e. The number of nitrogens with one attached hydrogen (secondary N) is 1. The first kappa shape index (κ1) is 8.76. The number of anilines is 1. The summed E-state index contributed by atoms with van der Waals surface area (Å²) in [7, 11) is 0. The Balaban J connectivity index is 2.55. The highest BCUT2D eigenvalue weighted by Crippen LogP contribution is 2.16. The van der Waals surface area contributed by atoms with Crippen LogP contribution in [0.15, 0.2) is 24.3 Å². The number of hydrogen-bond donors (Lipinski definition) is 3. The van der Waals surface area contributed by atoms with Gasteiger partial charge in [0.2, 0.25) is 4.77 Å². The fraction of sp³-hybridized carbons (Fsp3) is 0. The molecule has 0 saturated carbocycles. The van der Waals surface area contributed by atoms with E-state index in [2.05, 4.69) is 10.2 Å². The lowest BCUT2D eigenvalue weighted by molar-refractivity contribution is 0.984. The summed E-state index contributed by atoms with van der Waals surface area (Å²) in [6, 6.07) is 7.24. The van der Waals surface area contributed by atoms with Gasteiger partial charge in [-0.25, -0.2) is 9.77 Å². The van der Waals surface area contributed by atoms with Crippen LogP contribution in [0.4, 0.5) is 5.69 Å². The molecule has 0 amide bonds. The third kappa shape index (κ3) is 1.35. The van der Waals surface area contributed by atoms with Gasteiger partial charge < -0.3 is 11.6 Å². The van der Waals surface area contributed by atoms with Gasteiger partial charge in [-0.3, -0.25) is 0 Å². The number of nitrogens with zero attached hydrogens (tertiary/aromatic N) is 2. The summed E-state index contributed by atoms with van der Waals surface area (Å²) < 4.78 is 1.71. The van der Waals surface area contributed by atoms with Gasteiger partial charge in [0, 0.05) is 11.3 Å². The van der Waals surface area contributed by atoms with Gasteiger partial charge in [0.15, 0.2) is 5.82 Å². The number of aromatic amines is 1. The van der Waals surface area contributed by atoms with Gasteiger partial charge in [0.25, 0.3) is 0 Å². The highest BCUT2D eigenvalue weighted by molar-refractivity contribution is 7.71. The van der Waals surface area contributed by atoms with Gasteiger partial charge in [0.05, 0.1) is 0 Å². The molecule has 0 fully saturated rings. The third-order valence-corrected chi connectivity index (χ3v) is 2.16. The van der Waals surface area contributed by atoms with Crippen molar-refractivity contribution in [2.45, 2.75) is 0 Å². The van der Waals surface area contributed by atoms with Gasteiger partial charge in [-0.15, -0.1) is 0 Å². The Bertz CT molecular complexity index is 495. The Kier molecular flexibility index (Phi) is 1.97. The predicted molar refractivity (Wildman–Crippen MR) is 57.4 cm³/mol. The zero-order valence-corrected chi connectivity index (χ0v) is 8.08. The molecule has 72 valence electrons. The quantitative estimate of drug-likeness (QED) is 0.368. The molecule has 0 atom stereocenters. The van der Waals surface area contributed by atoms with Gasteiger partial charge >= 0.3 is 0 Å². The van der Waals surface area contributed by atoms with Crippen LogP contribution < -0.4 is 11.6 Å². The van der Waals surface area contributed by atoms with Crippen molar-refractivity contribution >= 4 is 17.9 Å². The summed E-state index contributed by atoms with van der Waals surface area (Å²) in [6.45, 7) is 0. The van der Waals surface area contributed by atoms with E-state index < -0.39 is 0 Å². The maximum atomic E-state index is 5.66. The minimum absolute atomic E-state index is 0.386. The van der Waals surface area contributed by atoms with E-state index in [4.69, 9.17) is 23.8 Å². The number of nitrogen functional groups attached to an aromatic ring is 2. The minimum atomic E-state index is 0.386. The standard InChI is InChI=1S/C8H9N5S/c9-6-3-1-5(2-4-6)7-11-12-8(14)13(7)10/h1-4H,9-10H2,(H,12,14). The van der Waals surface area contributed by atoms with Crippen molar-refractivity contribution in [3.05, 3.63) is 29.0 Å². The van der Waals surface area contributed by atoms with Crippen LogP contribution in [0.5, 0.6) is 0 Å². The molecule has 0 bridgehead atoms. The van der Waals surface area contributed by atoms with Gasteiger partial charge in [-0.05, 0) is 36.5 Å². The lowest BCUT2D eigenvalue weighted by atomic mass is 10.2. The summed E-state index contributed by atoms with van der Waals surface area (Å²) in [5.74, 6) is 6.25. The van der Waals surface area contributed by atoms with Crippen LogP contribution in [-0.2, 0) is 0 Å². The molecular formula is C8H9N5S. The molecule has 0 aliphatic heterocycles. The van der Waals surface area contributed by atoms with E-state index in [1.807, 2.05) is 12.1 Å². The number of H-pyrrole nitrogens is 1. The van der Waals surface area contributed by atoms with Crippen molar-refractivity contribution in [2.24, 2.45) is 0 Å². The monoisotopic (exact) mass is 207 g/mol. The Labute approximate surface area is 85.3 Å². The maximum absolute atomic E-state index is 5.66. The number of nitrogens with two attached hydrogens (primary N) is 2. The SMILES string of the molecule is Nc1ccc(-c2n[nH]c(=S)n2N)cc1. The van der Waals surface area contributed by atoms with Crippen LogP contribution in [-0.4, -0.2) is 14.9 Å². The summed E-state index contributed by atoms with van der Waals surface area (Å²) in [5.41, 5.74) is 7.13. The minimum Gasteiger partial charge on any atom is -0.399 e. The first-order valence-electron chi connectivity index (χ1n) is 3.97. The van der Waals surface area contributed by atoms with Crippen molar-refractivity contribution in [1.82, 2.24) is 14.9 Å². The highest BCUT2D eigenvalue weighted by atomic mass is 32.1. The molecule has 0 saturated heterocycles. The van der Waals surface area contributed by atoms with E-state index in [1.165, 1.54) is 4.68 Å². The number of hydrogen-bond acceptors (Lipinski definition) is 4. The molecule has 14 heavy (non-hydrogen) atoms. The van der Waals surface area contributed by atoms with E-state index in [1.54, 1.807) is 12.1 Å². The average Bonchev–Trinajstić information content (AvgIpc) is 2.50. The summed E-state index contributed by atoms with van der Waals surface area (Å²) >= 11 is 4.90. The lowest BCUT2D eigenvalue weighted by Gasteiger charge is -2.00. The number of benzene rings is 1. The van der Waals surface area contributed by atoms with Gasteiger partial charge in [0.1, 0.15) is 0 Å². The highest BCUT2D eigenvalue weighted by Gasteiger charge is 2.04. The van der Waals surface area contributed by atoms with Crippen LogP contribution in [0, 0.1) is 4.77 Å². The zero-order chi connectivity index (χ0) is 10.1. The molecule has 6 heteroatoms. The fourth-order valence-corrected chi connectivity index (χ4v) is 1.27. The molecule has 0 spiro atoms. The number of aromatic nitrogens is 3. The van der Waals surface area contributed by atoms with Crippen LogP contribution in [0.1, 0.15) is 0 Å². The first-order chi connectivity index (χ1) is 6.68. The van der Waals surface area contributed by atoms with Crippen LogP contribution in [0.3, 0.4) is 0 Å². The Hall–Kier alpha value is -1.82. The molecule has 0 aliphatic carbocycles. The molecule has 1 aromatic heterocycles. The van der Waals surface area contributed by atoms with E-state index in [-0.39, 0.29) is 0 Å². The smallest absolute Gasteiger partial charge is 0.214 e. The van der Waals surface area contributed by atoms with Crippen molar-refractivity contribution < 1.29 is 0 Å². The Morgan fingerprint density at radius 3 is 2.43 bits per heavy atom. The van der Waals surface area contributed by atoms with Gasteiger partial charge in [-0.1, -0.05) is 0 Å². The Morgan fingerprint density at radius 2 is 1.93 bits per heavy atom. The molecule has 1 heterocycles. The topological polar surface area (TPSA) is 85.6 Å². The average molecular weight is 207 g/mol. The second-order valence-corrected chi connectivity index (χ2v) is 3.23. The molecule has 5 N–H and O–H groups in total. The molecule has 2 aromatic rings. The normalized spacial score (nSPS) is 10.3. The van der Waals surface area contributed by atoms with E-state index in [0.29, 0.717) is 16.3 Å². The van der Waals surface area contributed by atoms with Crippen LogP contribution >= 0.6 is 12.2 Å². The predicted octanol–water partition coefficient (Wildman–Crippen LogP) is 0.904. The number of rotatable bonds is 1. The lowest BCUT2D eigenvalue weighted by Crippen LogP contribution is -2.09. The van der Waals surface area contributed by atoms with Gasteiger partial charge in [-0.2, -0.15) is 5.10 Å². The summed E-state index contributed by atoms with van der Waals surface area (Å²) in [5, 5.41) is 6.60. The van der Waals surface area contributed by atoms with Crippen molar-refractivity contribution in [1.29, 1.82) is 0 Å². The zero-order valence-electron chi connectivity index (χ0n) is 7.27. The molecule has 0 radical (unpaired) electrons. The van der Waals surface area contributed by atoms with E-state index >= 15 is 0 Å². The molecule has 1 aromatic carbocycles. The van der Waals surface area contributed by atoms with E-state index in [9.17, 15) is 0 Å². The first-order valence-corrected chi connectivity index (χ1v) is 4.38. The maximum Gasteiger partial charge on any atom is 0.214 e. The molecule has 2 rings (SSSR count). The van der Waals surface area contributed by atoms with Crippen molar-refractivity contribution in [3.8, 4) is 11.4 Å². The molecule has 0 aliphatic rings. The third-order valence-electron chi connectivity index (χ3n) is 1.87. The molecular weight excluding hydrogens is 198 g/mol.